The smallest absolute Gasteiger partial charge is 0.161 e. The summed E-state index contributed by atoms with van der Waals surface area (Å²) in [5.74, 6) is -5.88. The zero-order valence-electron chi connectivity index (χ0n) is 21.6. The summed E-state index contributed by atoms with van der Waals surface area (Å²) in [4.78, 5) is 0. The Kier molecular flexibility index (Phi) is 8.93. The number of benzene rings is 4. The van der Waals surface area contributed by atoms with Crippen molar-refractivity contribution < 1.29 is 30.7 Å². The summed E-state index contributed by atoms with van der Waals surface area (Å²) in [6.45, 7) is 4.77. The van der Waals surface area contributed by atoms with Gasteiger partial charge in [0.25, 0.3) is 0 Å². The summed E-state index contributed by atoms with van der Waals surface area (Å²) in [7, 11) is 0. The molecule has 0 radical (unpaired) electrons. The third-order valence-electron chi connectivity index (χ3n) is 6.70. The first-order valence-corrected chi connectivity index (χ1v) is 12.6. The lowest BCUT2D eigenvalue weighted by Crippen LogP contribution is -2.02. The fourth-order valence-electron chi connectivity index (χ4n) is 4.34. The number of aryl methyl sites for hydroxylation is 1. The van der Waals surface area contributed by atoms with E-state index in [-0.39, 0.29) is 52.6 Å². The van der Waals surface area contributed by atoms with Crippen LogP contribution in [0.25, 0.3) is 28.1 Å². The van der Waals surface area contributed by atoms with Crippen LogP contribution in [-0.2, 0) is 12.8 Å². The lowest BCUT2D eigenvalue weighted by Gasteiger charge is -2.11. The van der Waals surface area contributed by atoms with Crippen LogP contribution in [0.1, 0.15) is 35.1 Å². The van der Waals surface area contributed by atoms with E-state index in [0.29, 0.717) is 17.5 Å². The molecule has 0 aliphatic rings. The third-order valence-corrected chi connectivity index (χ3v) is 6.70. The van der Waals surface area contributed by atoms with Gasteiger partial charge in [-0.2, -0.15) is 0 Å². The lowest BCUT2D eigenvalue weighted by molar-refractivity contribution is 0.551. The van der Waals surface area contributed by atoms with Crippen molar-refractivity contribution in [2.45, 2.75) is 32.6 Å². The Morgan fingerprint density at radius 1 is 0.675 bits per heavy atom. The van der Waals surface area contributed by atoms with Crippen molar-refractivity contribution in [3.63, 3.8) is 0 Å². The molecule has 0 bridgehead atoms. The quantitative estimate of drug-likeness (QED) is 0.143. The number of halogens is 7. The molecule has 0 aliphatic heterocycles. The first-order chi connectivity index (χ1) is 19.1. The molecule has 0 aromatic heterocycles. The van der Waals surface area contributed by atoms with Crippen LogP contribution in [0, 0.1) is 36.0 Å². The van der Waals surface area contributed by atoms with Crippen molar-refractivity contribution in [2.75, 3.05) is 0 Å². The predicted octanol–water partition coefficient (Wildman–Crippen LogP) is 10.4. The Balaban J connectivity index is 1.53. The van der Waals surface area contributed by atoms with Crippen LogP contribution in [0.4, 0.5) is 30.7 Å². The van der Waals surface area contributed by atoms with Crippen LogP contribution in [0.5, 0.6) is 0 Å². The fraction of sp³-hybridized carbons (Fsp3) is 0.152. The van der Waals surface area contributed by atoms with Crippen LogP contribution < -0.4 is 0 Å². The Morgan fingerprint density at radius 2 is 1.25 bits per heavy atom. The van der Waals surface area contributed by atoms with E-state index in [0.717, 1.165) is 24.3 Å². The molecule has 0 fully saturated rings. The van der Waals surface area contributed by atoms with Gasteiger partial charge in [0.05, 0.1) is 0 Å². The van der Waals surface area contributed by atoms with Crippen LogP contribution in [-0.4, -0.2) is 0 Å². The zero-order valence-corrected chi connectivity index (χ0v) is 21.6. The summed E-state index contributed by atoms with van der Waals surface area (Å²) < 4.78 is 101. The molecule has 0 amide bonds. The molecule has 4 aromatic carbocycles. The van der Waals surface area contributed by atoms with Crippen LogP contribution in [0.2, 0.25) is 0 Å². The highest BCUT2D eigenvalue weighted by atomic mass is 19.2. The van der Waals surface area contributed by atoms with Crippen LogP contribution >= 0.6 is 0 Å². The molecule has 4 aromatic rings. The van der Waals surface area contributed by atoms with E-state index in [2.05, 4.69) is 6.58 Å². The Hall–Kier alpha value is -4.13. The number of hydrogen-bond donors (Lipinski definition) is 0. The minimum atomic E-state index is -0.972. The summed E-state index contributed by atoms with van der Waals surface area (Å²) in [6, 6.07) is 14.2. The highest BCUT2D eigenvalue weighted by molar-refractivity contribution is 5.73. The van der Waals surface area contributed by atoms with Gasteiger partial charge in [-0.25, -0.2) is 30.7 Å². The van der Waals surface area contributed by atoms with Crippen molar-refractivity contribution in [2.24, 2.45) is 0 Å². The predicted molar refractivity (Wildman–Crippen MR) is 144 cm³/mol. The molecule has 206 valence electrons. The van der Waals surface area contributed by atoms with Crippen LogP contribution in [0.3, 0.4) is 0 Å². The summed E-state index contributed by atoms with van der Waals surface area (Å²) in [5, 5.41) is 0. The zero-order chi connectivity index (χ0) is 29.0. The molecule has 0 heterocycles. The minimum absolute atomic E-state index is 0.00428. The number of rotatable bonds is 9. The average molecular weight is 555 g/mol. The van der Waals surface area contributed by atoms with Gasteiger partial charge < -0.3 is 0 Å². The normalized spacial score (nSPS) is 11.9. The fourth-order valence-corrected chi connectivity index (χ4v) is 4.34. The average Bonchev–Trinajstić information content (AvgIpc) is 2.93. The monoisotopic (exact) mass is 554 g/mol. The molecular weight excluding hydrogens is 529 g/mol. The largest absolute Gasteiger partial charge is 0.209 e. The van der Waals surface area contributed by atoms with Gasteiger partial charge in [0, 0.05) is 28.7 Å². The molecule has 0 saturated heterocycles. The van der Waals surface area contributed by atoms with E-state index in [1.165, 1.54) is 49.4 Å². The molecule has 0 aliphatic carbocycles. The van der Waals surface area contributed by atoms with Crippen molar-refractivity contribution in [1.82, 2.24) is 0 Å². The third kappa shape index (κ3) is 6.36. The van der Waals surface area contributed by atoms with Gasteiger partial charge in [-0.1, -0.05) is 42.5 Å². The first kappa shape index (κ1) is 28.9. The molecule has 0 saturated carbocycles. The Bertz CT molecular complexity index is 1540. The molecule has 0 atom stereocenters. The van der Waals surface area contributed by atoms with Gasteiger partial charge in [-0.3, -0.25) is 0 Å². The second-order valence-corrected chi connectivity index (χ2v) is 9.42. The molecular formula is C33H25F7. The van der Waals surface area contributed by atoms with Gasteiger partial charge >= 0.3 is 0 Å². The minimum Gasteiger partial charge on any atom is -0.209 e. The van der Waals surface area contributed by atoms with Crippen molar-refractivity contribution in [3.8, 4) is 22.3 Å². The van der Waals surface area contributed by atoms with Gasteiger partial charge in [-0.05, 0) is 78.8 Å². The standard InChI is InChI=1S/C33H25F7/c1-3-4-5-27(34)33(40)22-9-7-21(8-10-22)23-11-13-25(30(37)16-23)24-17-31(38)26(32(39)18-24)12-6-20-14-28(35)19(2)29(36)15-20/h3,7-11,13-18H,1,4-6,12H2,2H3/b33-27+. The van der Waals surface area contributed by atoms with E-state index < -0.39 is 40.7 Å². The van der Waals surface area contributed by atoms with E-state index in [9.17, 15) is 26.3 Å². The summed E-state index contributed by atoms with van der Waals surface area (Å²) in [6.07, 6.45) is 1.55. The van der Waals surface area contributed by atoms with Crippen molar-refractivity contribution in [3.05, 3.63) is 137 Å². The second kappa shape index (κ2) is 12.4. The number of allylic oxidation sites excluding steroid dienone is 2. The molecule has 0 N–H and O–H groups in total. The Labute approximate surface area is 228 Å². The summed E-state index contributed by atoms with van der Waals surface area (Å²) >= 11 is 0. The van der Waals surface area contributed by atoms with Crippen molar-refractivity contribution in [1.29, 1.82) is 0 Å². The molecule has 4 rings (SSSR count). The summed E-state index contributed by atoms with van der Waals surface area (Å²) in [5.41, 5.74) is 0.806. The topological polar surface area (TPSA) is 0 Å². The highest BCUT2D eigenvalue weighted by Crippen LogP contribution is 2.32. The van der Waals surface area contributed by atoms with Gasteiger partial charge in [0.15, 0.2) is 5.83 Å². The Morgan fingerprint density at radius 3 is 1.82 bits per heavy atom. The SMILES string of the molecule is C=CCC/C(F)=C(\F)c1ccc(-c2ccc(-c3cc(F)c(CCc4cc(F)c(C)c(F)c4)c(F)c3)c(F)c2)cc1. The van der Waals surface area contributed by atoms with Gasteiger partial charge in [0.1, 0.15) is 34.9 Å². The van der Waals surface area contributed by atoms with E-state index in [1.54, 1.807) is 6.07 Å². The van der Waals surface area contributed by atoms with Crippen molar-refractivity contribution >= 4 is 5.83 Å². The molecule has 0 spiro atoms. The molecule has 7 heteroatoms. The van der Waals surface area contributed by atoms with Crippen LogP contribution in [0.15, 0.2) is 85.2 Å². The maximum absolute atomic E-state index is 15.1. The van der Waals surface area contributed by atoms with Gasteiger partial charge in [-0.15, -0.1) is 6.58 Å². The van der Waals surface area contributed by atoms with E-state index in [1.807, 2.05) is 0 Å². The van der Waals surface area contributed by atoms with E-state index >= 15 is 4.39 Å². The molecule has 0 nitrogen and oxygen atoms in total. The molecule has 40 heavy (non-hydrogen) atoms. The number of hydrogen-bond acceptors (Lipinski definition) is 0. The van der Waals surface area contributed by atoms with E-state index in [4.69, 9.17) is 0 Å². The maximum atomic E-state index is 15.1. The second-order valence-electron chi connectivity index (χ2n) is 9.42. The highest BCUT2D eigenvalue weighted by Gasteiger charge is 2.16. The maximum Gasteiger partial charge on any atom is 0.161 e. The molecule has 0 unspecified atom stereocenters. The lowest BCUT2D eigenvalue weighted by atomic mass is 9.96. The van der Waals surface area contributed by atoms with Gasteiger partial charge in [0.2, 0.25) is 0 Å². The first-order valence-electron chi connectivity index (χ1n) is 12.6.